The highest BCUT2D eigenvalue weighted by Crippen LogP contribution is 2.26. The molecule has 0 saturated carbocycles. The molecular formula is C20H22Br2N2O3. The van der Waals surface area contributed by atoms with Crippen LogP contribution in [0.15, 0.2) is 45.3 Å². The second kappa shape index (κ2) is 9.90. The van der Waals surface area contributed by atoms with E-state index in [9.17, 15) is 9.59 Å². The molecule has 27 heavy (non-hydrogen) atoms. The summed E-state index contributed by atoms with van der Waals surface area (Å²) in [5, 5.41) is 0. The van der Waals surface area contributed by atoms with E-state index in [0.717, 1.165) is 16.5 Å². The molecule has 7 heteroatoms. The summed E-state index contributed by atoms with van der Waals surface area (Å²) in [6.07, 6.45) is 0.954. The Kier molecular flexibility index (Phi) is 7.86. The van der Waals surface area contributed by atoms with Crippen molar-refractivity contribution in [1.29, 1.82) is 0 Å². The fraction of sp³-hybridized carbons (Fsp3) is 0.300. The number of halogens is 2. The third kappa shape index (κ3) is 6.36. The molecule has 2 rings (SSSR count). The lowest BCUT2D eigenvalue weighted by Gasteiger charge is -2.12. The highest BCUT2D eigenvalue weighted by atomic mass is 79.9. The van der Waals surface area contributed by atoms with Crippen molar-refractivity contribution < 1.29 is 14.3 Å². The van der Waals surface area contributed by atoms with Gasteiger partial charge in [-0.1, -0.05) is 35.8 Å². The Balaban J connectivity index is 1.94. The molecule has 0 radical (unpaired) electrons. The average Bonchev–Trinajstić information content (AvgIpc) is 2.62. The summed E-state index contributed by atoms with van der Waals surface area (Å²) in [7, 11) is 0. The molecule has 0 aliphatic heterocycles. The van der Waals surface area contributed by atoms with Crippen LogP contribution in [0.2, 0.25) is 0 Å². The molecule has 0 heterocycles. The molecule has 0 aromatic heterocycles. The van der Waals surface area contributed by atoms with Crippen molar-refractivity contribution in [1.82, 2.24) is 10.9 Å². The molecule has 2 amide bonds. The first-order valence-corrected chi connectivity index (χ1v) is 10.2. The molecule has 2 N–H and O–H groups in total. The van der Waals surface area contributed by atoms with Gasteiger partial charge in [0.25, 0.3) is 11.8 Å². The molecule has 0 spiro atoms. The maximum atomic E-state index is 12.3. The zero-order valence-electron chi connectivity index (χ0n) is 15.4. The van der Waals surface area contributed by atoms with E-state index in [0.29, 0.717) is 33.9 Å². The molecule has 144 valence electrons. The topological polar surface area (TPSA) is 67.4 Å². The van der Waals surface area contributed by atoms with Crippen molar-refractivity contribution in [2.75, 3.05) is 6.61 Å². The smallest absolute Gasteiger partial charge is 0.269 e. The third-order valence-electron chi connectivity index (χ3n) is 3.87. The van der Waals surface area contributed by atoms with Gasteiger partial charge in [0.2, 0.25) is 0 Å². The summed E-state index contributed by atoms with van der Waals surface area (Å²) in [5.74, 6) is 0.438. The summed E-state index contributed by atoms with van der Waals surface area (Å²) in [4.78, 5) is 24.4. The quantitative estimate of drug-likeness (QED) is 0.550. The Morgan fingerprint density at radius 2 is 1.52 bits per heavy atom. The number of carbonyl (C=O) groups excluding carboxylic acids is 2. The highest BCUT2D eigenvalue weighted by molar-refractivity contribution is 9.10. The minimum atomic E-state index is -0.413. The van der Waals surface area contributed by atoms with E-state index in [1.165, 1.54) is 0 Å². The van der Waals surface area contributed by atoms with E-state index in [1.807, 2.05) is 13.0 Å². The van der Waals surface area contributed by atoms with Crippen LogP contribution in [0.5, 0.6) is 5.75 Å². The van der Waals surface area contributed by atoms with Crippen LogP contribution in [0, 0.1) is 12.8 Å². The number of hydrazine groups is 1. The van der Waals surface area contributed by atoms with Gasteiger partial charge < -0.3 is 4.74 Å². The molecule has 0 saturated heterocycles. The number of rotatable bonds is 6. The van der Waals surface area contributed by atoms with Crippen molar-refractivity contribution in [2.45, 2.75) is 27.2 Å². The van der Waals surface area contributed by atoms with Crippen molar-refractivity contribution in [3.05, 3.63) is 62.0 Å². The van der Waals surface area contributed by atoms with Gasteiger partial charge in [0.15, 0.2) is 0 Å². The van der Waals surface area contributed by atoms with Gasteiger partial charge in [-0.15, -0.1) is 0 Å². The summed E-state index contributed by atoms with van der Waals surface area (Å²) in [5.41, 5.74) is 6.72. The van der Waals surface area contributed by atoms with Gasteiger partial charge in [-0.05, 0) is 71.1 Å². The molecule has 0 unspecified atom stereocenters. The van der Waals surface area contributed by atoms with E-state index in [4.69, 9.17) is 4.74 Å². The number of hydrogen-bond acceptors (Lipinski definition) is 3. The zero-order valence-corrected chi connectivity index (χ0v) is 18.6. The van der Waals surface area contributed by atoms with Crippen LogP contribution in [0.25, 0.3) is 0 Å². The Hall–Kier alpha value is -1.86. The van der Waals surface area contributed by atoms with Crippen LogP contribution in [-0.4, -0.2) is 18.4 Å². The fourth-order valence-electron chi connectivity index (χ4n) is 2.16. The van der Waals surface area contributed by atoms with E-state index < -0.39 is 11.8 Å². The normalized spacial score (nSPS) is 10.6. The monoisotopic (exact) mass is 496 g/mol. The molecule has 5 nitrogen and oxygen atoms in total. The minimum Gasteiger partial charge on any atom is -0.492 e. The maximum absolute atomic E-state index is 12.3. The maximum Gasteiger partial charge on any atom is 0.269 e. The van der Waals surface area contributed by atoms with Crippen molar-refractivity contribution in [3.8, 4) is 5.75 Å². The molecular weight excluding hydrogens is 476 g/mol. The van der Waals surface area contributed by atoms with Crippen molar-refractivity contribution in [2.24, 2.45) is 5.92 Å². The minimum absolute atomic E-state index is 0.392. The van der Waals surface area contributed by atoms with Crippen molar-refractivity contribution in [3.63, 3.8) is 0 Å². The lowest BCUT2D eigenvalue weighted by molar-refractivity contribution is 0.0846. The Labute approximate surface area is 176 Å². The van der Waals surface area contributed by atoms with Gasteiger partial charge in [-0.2, -0.15) is 0 Å². The SMILES string of the molecule is Cc1ccc(C(=O)NNC(=O)c2ccc(OCCC(C)C)c(Br)c2)cc1Br. The molecule has 0 aliphatic carbocycles. The van der Waals surface area contributed by atoms with Crippen LogP contribution in [0.4, 0.5) is 0 Å². The fourth-order valence-corrected chi connectivity index (χ4v) is 3.03. The first-order chi connectivity index (χ1) is 12.8. The lowest BCUT2D eigenvalue weighted by atomic mass is 10.1. The van der Waals surface area contributed by atoms with Crippen LogP contribution in [0.1, 0.15) is 46.5 Å². The number of nitrogens with one attached hydrogen (secondary N) is 2. The van der Waals surface area contributed by atoms with Gasteiger partial charge >= 0.3 is 0 Å². The molecule has 0 atom stereocenters. The number of hydrogen-bond donors (Lipinski definition) is 2. The number of benzene rings is 2. The molecule has 0 bridgehead atoms. The van der Waals surface area contributed by atoms with Gasteiger partial charge in [0, 0.05) is 15.6 Å². The van der Waals surface area contributed by atoms with Gasteiger partial charge in [0.1, 0.15) is 5.75 Å². The van der Waals surface area contributed by atoms with Gasteiger partial charge in [0.05, 0.1) is 11.1 Å². The lowest BCUT2D eigenvalue weighted by Crippen LogP contribution is -2.41. The summed E-state index contributed by atoms with van der Waals surface area (Å²) >= 11 is 6.80. The molecule has 2 aromatic rings. The largest absolute Gasteiger partial charge is 0.492 e. The van der Waals surface area contributed by atoms with E-state index >= 15 is 0 Å². The first-order valence-electron chi connectivity index (χ1n) is 8.57. The Bertz CT molecular complexity index is 838. The second-order valence-electron chi connectivity index (χ2n) is 6.55. The average molecular weight is 498 g/mol. The second-order valence-corrected chi connectivity index (χ2v) is 8.26. The summed E-state index contributed by atoms with van der Waals surface area (Å²) in [6, 6.07) is 10.3. The van der Waals surface area contributed by atoms with Crippen LogP contribution < -0.4 is 15.6 Å². The molecule has 0 fully saturated rings. The Morgan fingerprint density at radius 3 is 2.04 bits per heavy atom. The number of amides is 2. The Morgan fingerprint density at radius 1 is 0.963 bits per heavy atom. The molecule has 0 aliphatic rings. The van der Waals surface area contributed by atoms with Crippen molar-refractivity contribution >= 4 is 43.7 Å². The van der Waals surface area contributed by atoms with Crippen LogP contribution in [0.3, 0.4) is 0 Å². The summed E-state index contributed by atoms with van der Waals surface area (Å²) < 4.78 is 7.23. The molecule has 2 aromatic carbocycles. The highest BCUT2D eigenvalue weighted by Gasteiger charge is 2.12. The zero-order chi connectivity index (χ0) is 20.0. The number of carbonyl (C=O) groups is 2. The van der Waals surface area contributed by atoms with Gasteiger partial charge in [-0.25, -0.2) is 0 Å². The van der Waals surface area contributed by atoms with Gasteiger partial charge in [-0.3, -0.25) is 20.4 Å². The number of ether oxygens (including phenoxy) is 1. The predicted molar refractivity (Wildman–Crippen MR) is 113 cm³/mol. The van der Waals surface area contributed by atoms with Crippen LogP contribution in [-0.2, 0) is 0 Å². The summed E-state index contributed by atoms with van der Waals surface area (Å²) in [6.45, 7) is 6.82. The predicted octanol–water partition coefficient (Wildman–Crippen LogP) is 5.02. The first kappa shape index (κ1) is 21.4. The van der Waals surface area contributed by atoms with E-state index in [-0.39, 0.29) is 0 Å². The third-order valence-corrected chi connectivity index (χ3v) is 5.34. The van der Waals surface area contributed by atoms with Crippen LogP contribution >= 0.6 is 31.9 Å². The van der Waals surface area contributed by atoms with E-state index in [1.54, 1.807) is 30.3 Å². The van der Waals surface area contributed by atoms with E-state index in [2.05, 4.69) is 56.6 Å². The number of aryl methyl sites for hydroxylation is 1. The standard InChI is InChI=1S/C20H22Br2N2O3/c1-12(2)8-9-27-18-7-6-15(11-17(18)22)20(26)24-23-19(25)14-5-4-13(3)16(21)10-14/h4-7,10-12H,8-9H2,1-3H3,(H,23,25)(H,24,26).